The minimum absolute atomic E-state index is 0.0330. The zero-order valence-corrected chi connectivity index (χ0v) is 15.0. The van der Waals surface area contributed by atoms with E-state index < -0.39 is 6.10 Å². The summed E-state index contributed by atoms with van der Waals surface area (Å²) in [7, 11) is 0. The summed E-state index contributed by atoms with van der Waals surface area (Å²) < 4.78 is 10.7. The van der Waals surface area contributed by atoms with Gasteiger partial charge in [0.25, 0.3) is 12.4 Å². The van der Waals surface area contributed by atoms with Gasteiger partial charge in [0, 0.05) is 37.1 Å². The third-order valence-electron chi connectivity index (χ3n) is 4.84. The molecule has 0 radical (unpaired) electrons. The second-order valence-electron chi connectivity index (χ2n) is 6.72. The monoisotopic (exact) mass is 374 g/mol. The van der Waals surface area contributed by atoms with Gasteiger partial charge in [-0.2, -0.15) is 0 Å². The van der Waals surface area contributed by atoms with E-state index in [0.29, 0.717) is 38.3 Å². The molecule has 1 fully saturated rings. The number of hydrogen-bond acceptors (Lipinski definition) is 6. The first-order valence-corrected chi connectivity index (χ1v) is 8.69. The van der Waals surface area contributed by atoms with Crippen molar-refractivity contribution in [1.82, 2.24) is 10.1 Å². The van der Waals surface area contributed by atoms with Crippen LogP contribution in [0.2, 0.25) is 0 Å². The Kier molecular flexibility index (Phi) is 5.88. The van der Waals surface area contributed by atoms with E-state index in [1.54, 1.807) is 4.90 Å². The predicted molar refractivity (Wildman–Crippen MR) is 94.0 cm³/mol. The van der Waals surface area contributed by atoms with Crippen LogP contribution in [-0.2, 0) is 29.2 Å². The molecule has 8 nitrogen and oxygen atoms in total. The number of aliphatic hydroxyl groups excluding tert-OH is 1. The van der Waals surface area contributed by atoms with Crippen LogP contribution in [0.5, 0.6) is 0 Å². The first-order chi connectivity index (χ1) is 13.0. The highest BCUT2D eigenvalue weighted by Crippen LogP contribution is 2.28. The lowest BCUT2D eigenvalue weighted by atomic mass is 10.0. The summed E-state index contributed by atoms with van der Waals surface area (Å²) in [5, 5.41) is 21.1. The highest BCUT2D eigenvalue weighted by atomic mass is 16.5. The third kappa shape index (κ3) is 4.17. The number of nitrogens with zero attached hydrogens (tertiary/aromatic N) is 2. The first-order valence-electron chi connectivity index (χ1n) is 8.69. The lowest BCUT2D eigenvalue weighted by Gasteiger charge is -2.17. The lowest BCUT2D eigenvalue weighted by Crippen LogP contribution is -2.30. The van der Waals surface area contributed by atoms with Gasteiger partial charge < -0.3 is 24.4 Å². The van der Waals surface area contributed by atoms with E-state index in [2.05, 4.69) is 5.16 Å². The molecule has 0 aliphatic carbocycles. The van der Waals surface area contributed by atoms with Gasteiger partial charge in [-0.25, -0.2) is 0 Å². The number of carboxylic acid groups (broad SMARTS) is 1. The number of amides is 1. The van der Waals surface area contributed by atoms with Crippen LogP contribution in [0.25, 0.3) is 0 Å². The average Bonchev–Trinajstić information content (AvgIpc) is 3.36. The van der Waals surface area contributed by atoms with E-state index in [4.69, 9.17) is 19.2 Å². The number of likely N-dealkylation sites (tertiary alicyclic amines) is 1. The molecule has 2 aliphatic heterocycles. The van der Waals surface area contributed by atoms with Gasteiger partial charge in [0.15, 0.2) is 0 Å². The topological polar surface area (TPSA) is 113 Å². The van der Waals surface area contributed by atoms with Gasteiger partial charge in [-0.3, -0.25) is 9.59 Å². The fourth-order valence-corrected chi connectivity index (χ4v) is 3.57. The molecule has 4 rings (SSSR count). The molecule has 2 atom stereocenters. The molecule has 27 heavy (non-hydrogen) atoms. The summed E-state index contributed by atoms with van der Waals surface area (Å²) in [5.74, 6) is 0.682. The van der Waals surface area contributed by atoms with Crippen molar-refractivity contribution in [3.8, 4) is 0 Å². The Morgan fingerprint density at radius 2 is 2.15 bits per heavy atom. The van der Waals surface area contributed by atoms with Crippen molar-refractivity contribution >= 4 is 12.4 Å². The molecule has 2 N–H and O–H groups in total. The van der Waals surface area contributed by atoms with Crippen molar-refractivity contribution in [2.24, 2.45) is 5.92 Å². The van der Waals surface area contributed by atoms with Crippen LogP contribution >= 0.6 is 0 Å². The average molecular weight is 374 g/mol. The minimum atomic E-state index is -0.549. The molecule has 1 saturated heterocycles. The highest BCUT2D eigenvalue weighted by molar-refractivity contribution is 5.96. The number of fused-ring (bicyclic) bond motifs is 1. The molecule has 0 saturated carbocycles. The van der Waals surface area contributed by atoms with E-state index in [1.807, 2.05) is 31.2 Å². The Morgan fingerprint density at radius 1 is 1.37 bits per heavy atom. The van der Waals surface area contributed by atoms with Crippen LogP contribution < -0.4 is 0 Å². The van der Waals surface area contributed by atoms with E-state index in [1.165, 1.54) is 0 Å². The maximum Gasteiger partial charge on any atom is 0.290 e. The molecule has 1 aromatic heterocycles. The number of aliphatic hydroxyl groups is 1. The van der Waals surface area contributed by atoms with Crippen LogP contribution in [0, 0.1) is 12.8 Å². The number of aryl methyl sites for hydroxylation is 1. The maximum atomic E-state index is 12.9. The molecule has 1 amide bonds. The third-order valence-corrected chi connectivity index (χ3v) is 4.84. The van der Waals surface area contributed by atoms with Gasteiger partial charge in [-0.05, 0) is 24.1 Å². The largest absolute Gasteiger partial charge is 0.483 e. The summed E-state index contributed by atoms with van der Waals surface area (Å²) in [5.41, 5.74) is 3.57. The summed E-state index contributed by atoms with van der Waals surface area (Å²) in [6.45, 7) is 3.53. The second-order valence-corrected chi connectivity index (χ2v) is 6.72. The summed E-state index contributed by atoms with van der Waals surface area (Å²) in [6, 6.07) is 7.60. The van der Waals surface area contributed by atoms with Crippen molar-refractivity contribution in [3.05, 3.63) is 52.4 Å². The fraction of sp³-hybridized carbons (Fsp3) is 0.421. The van der Waals surface area contributed by atoms with Crippen LogP contribution in [0.15, 0.2) is 28.8 Å². The highest BCUT2D eigenvalue weighted by Gasteiger charge is 2.36. The first kappa shape index (κ1) is 19.1. The predicted octanol–water partition coefficient (Wildman–Crippen LogP) is 1.39. The van der Waals surface area contributed by atoms with Crippen molar-refractivity contribution in [2.75, 3.05) is 13.1 Å². The number of carbonyl (C=O) groups is 2. The molecular formula is C19H22N2O6. The van der Waals surface area contributed by atoms with Crippen molar-refractivity contribution < 1.29 is 29.1 Å². The zero-order valence-electron chi connectivity index (χ0n) is 15.0. The van der Waals surface area contributed by atoms with Crippen molar-refractivity contribution in [1.29, 1.82) is 0 Å². The van der Waals surface area contributed by atoms with Crippen LogP contribution in [0.4, 0.5) is 0 Å². The molecule has 2 aliphatic rings. The number of rotatable bonds is 3. The maximum absolute atomic E-state index is 12.9. The molecule has 1 aromatic carbocycles. The van der Waals surface area contributed by atoms with Crippen LogP contribution in [0.1, 0.15) is 32.9 Å². The molecule has 0 spiro atoms. The molecule has 3 heterocycles. The Bertz CT molecular complexity index is 818. The van der Waals surface area contributed by atoms with Crippen LogP contribution in [-0.4, -0.2) is 51.8 Å². The van der Waals surface area contributed by atoms with E-state index >= 15 is 0 Å². The molecule has 8 heteroatoms. The number of benzene rings is 1. The molecular weight excluding hydrogens is 352 g/mol. The van der Waals surface area contributed by atoms with Gasteiger partial charge in [-0.1, -0.05) is 17.3 Å². The molecule has 0 bridgehead atoms. The van der Waals surface area contributed by atoms with Gasteiger partial charge in [0.05, 0.1) is 25.0 Å². The molecule has 144 valence electrons. The number of ether oxygens (including phenoxy) is 1. The van der Waals surface area contributed by atoms with Gasteiger partial charge >= 0.3 is 0 Å². The van der Waals surface area contributed by atoms with Gasteiger partial charge in [-0.15, -0.1) is 0 Å². The number of carbonyl (C=O) groups excluding carboxylic acids is 1. The Labute approximate surface area is 156 Å². The second kappa shape index (κ2) is 8.32. The zero-order chi connectivity index (χ0) is 19.4. The summed E-state index contributed by atoms with van der Waals surface area (Å²) in [6.07, 6.45) is 0.0364. The summed E-state index contributed by atoms with van der Waals surface area (Å²) >= 11 is 0. The van der Waals surface area contributed by atoms with E-state index in [-0.39, 0.29) is 18.3 Å². The number of aromatic nitrogens is 1. The Balaban J connectivity index is 0.000000659. The van der Waals surface area contributed by atoms with Gasteiger partial charge in [0.2, 0.25) is 0 Å². The van der Waals surface area contributed by atoms with Crippen molar-refractivity contribution in [2.45, 2.75) is 32.7 Å². The Morgan fingerprint density at radius 3 is 2.85 bits per heavy atom. The minimum Gasteiger partial charge on any atom is -0.483 e. The smallest absolute Gasteiger partial charge is 0.290 e. The number of hydrogen-bond donors (Lipinski definition) is 2. The van der Waals surface area contributed by atoms with E-state index in [0.717, 1.165) is 22.6 Å². The molecule has 0 unspecified atom stereocenters. The lowest BCUT2D eigenvalue weighted by molar-refractivity contribution is -0.122. The SMILES string of the molecule is Cc1cc(C[C@@H]2CN(C(=O)c3cccc4c3COC4)C[C@@H]2O)on1.O=CO. The Hall–Kier alpha value is -2.71. The van der Waals surface area contributed by atoms with Crippen LogP contribution in [0.3, 0.4) is 0 Å². The van der Waals surface area contributed by atoms with Crippen molar-refractivity contribution in [3.63, 3.8) is 0 Å². The molecule has 2 aromatic rings. The normalized spacial score (nSPS) is 20.7. The standard InChI is InChI=1S/C18H20N2O4.CH2O2/c1-11-5-14(24-19-11)6-13-7-20(8-17(13)21)18(22)15-4-2-3-12-9-23-10-16(12)15;2-1-3/h2-5,13,17,21H,6-10H2,1H3;1H,(H,2,3)/t13-,17+;/m1./s1. The number of β-amino-alcohol motifs (C(OH)–C–C–N with tert-alkyl or cyclic N) is 1. The fourth-order valence-electron chi connectivity index (χ4n) is 3.57. The van der Waals surface area contributed by atoms with Gasteiger partial charge in [0.1, 0.15) is 5.76 Å². The quantitative estimate of drug-likeness (QED) is 0.781. The van der Waals surface area contributed by atoms with E-state index in [9.17, 15) is 9.90 Å². The summed E-state index contributed by atoms with van der Waals surface area (Å²) in [4.78, 5) is 23.0.